The van der Waals surface area contributed by atoms with Gasteiger partial charge in [0.15, 0.2) is 0 Å². The van der Waals surface area contributed by atoms with Crippen LogP contribution in [0.25, 0.3) is 0 Å². The first-order valence-corrected chi connectivity index (χ1v) is 7.24. The Morgan fingerprint density at radius 3 is 2.86 bits per heavy atom. The minimum Gasteiger partial charge on any atom is -0.481 e. The summed E-state index contributed by atoms with van der Waals surface area (Å²) in [6, 6.07) is 3.39. The normalized spacial score (nSPS) is 18.4. The maximum Gasteiger partial charge on any atom is 0.249 e. The van der Waals surface area contributed by atoms with Gasteiger partial charge in [0.05, 0.1) is 30.9 Å². The van der Waals surface area contributed by atoms with E-state index >= 15 is 0 Å². The fourth-order valence-electron chi connectivity index (χ4n) is 2.60. The smallest absolute Gasteiger partial charge is 0.249 e. The van der Waals surface area contributed by atoms with Crippen LogP contribution in [0.2, 0.25) is 0 Å². The second-order valence-corrected chi connectivity index (χ2v) is 5.29. The quantitative estimate of drug-likeness (QED) is 0.925. The zero-order valence-corrected chi connectivity index (χ0v) is 12.7. The number of carbonyl (C=O) groups excluding carboxylic acids is 1. The van der Waals surface area contributed by atoms with Gasteiger partial charge in [-0.1, -0.05) is 0 Å². The summed E-state index contributed by atoms with van der Waals surface area (Å²) < 4.78 is 6.74. The van der Waals surface area contributed by atoms with Crippen molar-refractivity contribution in [2.45, 2.75) is 18.9 Å². The lowest BCUT2D eigenvalue weighted by molar-refractivity contribution is -0.120. The van der Waals surface area contributed by atoms with Gasteiger partial charge in [0.25, 0.3) is 0 Å². The van der Waals surface area contributed by atoms with Gasteiger partial charge in [-0.2, -0.15) is 5.10 Å². The molecule has 2 aromatic rings. The molecule has 0 aromatic carbocycles. The van der Waals surface area contributed by atoms with Gasteiger partial charge in [-0.25, -0.2) is 4.98 Å². The monoisotopic (exact) mass is 301 g/mol. The summed E-state index contributed by atoms with van der Waals surface area (Å²) in [6.45, 7) is 0.726. The number of hydrogen-bond donors (Lipinski definition) is 1. The molecule has 1 atom stereocenters. The predicted molar refractivity (Wildman–Crippen MR) is 83.0 cm³/mol. The number of hydrogen-bond acceptors (Lipinski definition) is 5. The Morgan fingerprint density at radius 1 is 1.36 bits per heavy atom. The molecule has 0 spiro atoms. The van der Waals surface area contributed by atoms with E-state index in [9.17, 15) is 4.79 Å². The fraction of sp³-hybridized carbons (Fsp3) is 0.400. The van der Waals surface area contributed by atoms with Crippen LogP contribution in [0.3, 0.4) is 0 Å². The van der Waals surface area contributed by atoms with Gasteiger partial charge < -0.3 is 15.0 Å². The molecule has 7 nitrogen and oxygen atoms in total. The number of pyridine rings is 1. The van der Waals surface area contributed by atoms with Crippen molar-refractivity contribution in [2.24, 2.45) is 7.05 Å². The van der Waals surface area contributed by atoms with Crippen molar-refractivity contribution in [3.8, 4) is 5.88 Å². The fourth-order valence-corrected chi connectivity index (χ4v) is 2.60. The van der Waals surface area contributed by atoms with Crippen molar-refractivity contribution < 1.29 is 9.53 Å². The van der Waals surface area contributed by atoms with Crippen molar-refractivity contribution in [1.29, 1.82) is 0 Å². The lowest BCUT2D eigenvalue weighted by Gasteiger charge is -2.32. The van der Waals surface area contributed by atoms with Crippen LogP contribution in [-0.2, 0) is 11.8 Å². The number of carbonyl (C=O) groups is 1. The minimum absolute atomic E-state index is 0.0649. The van der Waals surface area contributed by atoms with Crippen LogP contribution in [-0.4, -0.2) is 40.4 Å². The van der Waals surface area contributed by atoms with Crippen LogP contribution in [0.15, 0.2) is 30.7 Å². The molecular weight excluding hydrogens is 282 g/mol. The Labute approximate surface area is 128 Å². The summed E-state index contributed by atoms with van der Waals surface area (Å²) in [7, 11) is 3.42. The molecule has 1 aliphatic rings. The minimum atomic E-state index is -0.246. The Morgan fingerprint density at radius 2 is 2.23 bits per heavy atom. The number of aromatic nitrogens is 3. The third-order valence-corrected chi connectivity index (χ3v) is 3.73. The average Bonchev–Trinajstić information content (AvgIpc) is 2.96. The first-order chi connectivity index (χ1) is 10.7. The maximum absolute atomic E-state index is 12.6. The van der Waals surface area contributed by atoms with Crippen molar-refractivity contribution >= 4 is 17.3 Å². The van der Waals surface area contributed by atoms with E-state index in [1.165, 1.54) is 0 Å². The summed E-state index contributed by atoms with van der Waals surface area (Å²) in [6.07, 6.45) is 7.00. The number of anilines is 2. The van der Waals surface area contributed by atoms with E-state index in [0.29, 0.717) is 5.88 Å². The van der Waals surface area contributed by atoms with E-state index in [0.717, 1.165) is 30.8 Å². The van der Waals surface area contributed by atoms with E-state index < -0.39 is 0 Å². The molecule has 1 aliphatic heterocycles. The molecule has 1 saturated heterocycles. The summed E-state index contributed by atoms with van der Waals surface area (Å²) in [5.41, 5.74) is 1.65. The summed E-state index contributed by atoms with van der Waals surface area (Å²) in [4.78, 5) is 18.6. The van der Waals surface area contributed by atoms with Crippen LogP contribution < -0.4 is 15.0 Å². The molecule has 3 heterocycles. The highest BCUT2D eigenvalue weighted by Crippen LogP contribution is 2.23. The first kappa shape index (κ1) is 14.4. The number of ether oxygens (including phenoxy) is 1. The largest absolute Gasteiger partial charge is 0.481 e. The molecule has 0 unspecified atom stereocenters. The van der Waals surface area contributed by atoms with E-state index in [4.69, 9.17) is 4.74 Å². The Balaban J connectivity index is 1.72. The zero-order valence-electron chi connectivity index (χ0n) is 12.7. The number of aryl methyl sites for hydroxylation is 1. The molecule has 0 saturated carbocycles. The molecule has 3 rings (SSSR count). The summed E-state index contributed by atoms with van der Waals surface area (Å²) in [5, 5.41) is 7.38. The summed E-state index contributed by atoms with van der Waals surface area (Å²) >= 11 is 0. The first-order valence-electron chi connectivity index (χ1n) is 7.24. The Bertz CT molecular complexity index is 652. The maximum atomic E-state index is 12.6. The molecule has 1 N–H and O–H groups in total. The van der Waals surface area contributed by atoms with Gasteiger partial charge in [0, 0.05) is 25.9 Å². The number of piperidine rings is 1. The van der Waals surface area contributed by atoms with Crippen molar-refractivity contribution in [3.05, 3.63) is 30.7 Å². The average molecular weight is 301 g/mol. The third kappa shape index (κ3) is 2.88. The second kappa shape index (κ2) is 6.05. The number of nitrogens with one attached hydrogen (secondary N) is 1. The van der Waals surface area contributed by atoms with Gasteiger partial charge in [0.2, 0.25) is 11.8 Å². The Hall–Kier alpha value is -2.57. The van der Waals surface area contributed by atoms with E-state index in [2.05, 4.69) is 15.4 Å². The SMILES string of the molecule is COc1ccc(N[C@H]2CCCN(c3cnn(C)c3)C2=O)cn1. The van der Waals surface area contributed by atoms with Crippen LogP contribution in [0, 0.1) is 0 Å². The Kier molecular flexibility index (Phi) is 3.95. The summed E-state index contributed by atoms with van der Waals surface area (Å²) in [5.74, 6) is 0.618. The van der Waals surface area contributed by atoms with Gasteiger partial charge in [-0.15, -0.1) is 0 Å². The van der Waals surface area contributed by atoms with Crippen LogP contribution in [0.1, 0.15) is 12.8 Å². The highest BCUT2D eigenvalue weighted by molar-refractivity contribution is 5.99. The zero-order chi connectivity index (χ0) is 15.5. The molecule has 1 fully saturated rings. The highest BCUT2D eigenvalue weighted by atomic mass is 16.5. The van der Waals surface area contributed by atoms with Crippen molar-refractivity contribution in [3.63, 3.8) is 0 Å². The lowest BCUT2D eigenvalue weighted by atomic mass is 10.0. The van der Waals surface area contributed by atoms with Gasteiger partial charge in [-0.3, -0.25) is 9.48 Å². The van der Waals surface area contributed by atoms with E-state index in [1.807, 2.05) is 19.3 Å². The van der Waals surface area contributed by atoms with Crippen molar-refractivity contribution in [1.82, 2.24) is 14.8 Å². The van der Waals surface area contributed by atoms with E-state index in [1.54, 1.807) is 35.2 Å². The number of amides is 1. The molecule has 1 amide bonds. The lowest BCUT2D eigenvalue weighted by Crippen LogP contribution is -2.47. The molecule has 22 heavy (non-hydrogen) atoms. The number of methoxy groups -OCH3 is 1. The molecular formula is C15H19N5O2. The highest BCUT2D eigenvalue weighted by Gasteiger charge is 2.30. The topological polar surface area (TPSA) is 72.3 Å². The van der Waals surface area contributed by atoms with Gasteiger partial charge in [-0.05, 0) is 18.9 Å². The second-order valence-electron chi connectivity index (χ2n) is 5.29. The molecule has 0 radical (unpaired) electrons. The number of nitrogens with zero attached hydrogens (tertiary/aromatic N) is 4. The molecule has 116 valence electrons. The van der Waals surface area contributed by atoms with Crippen molar-refractivity contribution in [2.75, 3.05) is 23.9 Å². The molecule has 2 aromatic heterocycles. The molecule has 0 bridgehead atoms. The van der Waals surface area contributed by atoms with Crippen LogP contribution in [0.4, 0.5) is 11.4 Å². The predicted octanol–water partition coefficient (Wildman–Crippen LogP) is 1.43. The van der Waals surface area contributed by atoms with Crippen LogP contribution >= 0.6 is 0 Å². The van der Waals surface area contributed by atoms with Crippen LogP contribution in [0.5, 0.6) is 5.88 Å². The van der Waals surface area contributed by atoms with Gasteiger partial charge in [0.1, 0.15) is 6.04 Å². The number of rotatable bonds is 4. The van der Waals surface area contributed by atoms with E-state index in [-0.39, 0.29) is 11.9 Å². The third-order valence-electron chi connectivity index (χ3n) is 3.73. The van der Waals surface area contributed by atoms with Gasteiger partial charge >= 0.3 is 0 Å². The molecule has 7 heteroatoms. The standard InChI is InChI=1S/C15H19N5O2/c1-19-10-12(9-17-19)20-7-3-4-13(15(20)21)18-11-5-6-14(22-2)16-8-11/h5-6,8-10,13,18H,3-4,7H2,1-2H3/t13-/m0/s1. The molecule has 0 aliphatic carbocycles.